The first-order chi connectivity index (χ1) is 16.9. The van der Waals surface area contributed by atoms with Gasteiger partial charge >= 0.3 is 11.9 Å². The van der Waals surface area contributed by atoms with Gasteiger partial charge in [0.25, 0.3) is 0 Å². The first kappa shape index (κ1) is 27.4. The fraction of sp³-hybridized carbons (Fsp3) is 0.654. The van der Waals surface area contributed by atoms with Crippen LogP contribution < -0.4 is 0 Å². The fourth-order valence-corrected chi connectivity index (χ4v) is 5.37. The Hall–Kier alpha value is -2.16. The molecule has 0 saturated carbocycles. The number of hydrogen-bond acceptors (Lipinski definition) is 7. The third-order valence-electron chi connectivity index (χ3n) is 7.30. The first-order valence-electron chi connectivity index (χ1n) is 12.7. The van der Waals surface area contributed by atoms with Crippen molar-refractivity contribution in [3.05, 3.63) is 29.8 Å². The Morgan fingerprint density at radius 3 is 2.31 bits per heavy atom. The molecule has 0 amide bonds. The molecule has 4 atom stereocenters. The molecule has 2 fully saturated rings. The van der Waals surface area contributed by atoms with E-state index in [2.05, 4.69) is 37.1 Å². The zero-order valence-electron chi connectivity index (χ0n) is 20.5. The van der Waals surface area contributed by atoms with E-state index >= 15 is 0 Å². The van der Waals surface area contributed by atoms with Crippen LogP contribution in [0.3, 0.4) is 0 Å². The second kappa shape index (κ2) is 14.4. The molecule has 2 bridgehead atoms. The number of nitrogens with zero attached hydrogens (tertiary/aromatic N) is 4. The van der Waals surface area contributed by atoms with Crippen molar-refractivity contribution in [1.82, 2.24) is 14.7 Å². The number of aliphatic carboxylic acids is 2. The molecule has 1 aromatic carbocycles. The zero-order chi connectivity index (χ0) is 25.0. The zero-order valence-corrected chi connectivity index (χ0v) is 21.3. The van der Waals surface area contributed by atoms with Gasteiger partial charge in [-0.2, -0.15) is 4.99 Å². The number of carbonyl (C=O) groups is 2. The van der Waals surface area contributed by atoms with Gasteiger partial charge in [-0.1, -0.05) is 12.1 Å². The van der Waals surface area contributed by atoms with E-state index in [1.54, 1.807) is 0 Å². The molecule has 8 nitrogen and oxygen atoms in total. The lowest BCUT2D eigenvalue weighted by molar-refractivity contribution is -0.144. The number of aryl methyl sites for hydroxylation is 1. The Morgan fingerprint density at radius 2 is 1.63 bits per heavy atom. The molecule has 1 aromatic rings. The minimum Gasteiger partial charge on any atom is -0.481 e. The summed E-state index contributed by atoms with van der Waals surface area (Å²) >= 11 is 4.65. The largest absolute Gasteiger partial charge is 0.481 e. The van der Waals surface area contributed by atoms with E-state index in [0.29, 0.717) is 12.8 Å². The van der Waals surface area contributed by atoms with Crippen molar-refractivity contribution < 1.29 is 19.8 Å². The standard InChI is InChI=1S/C26H38N4O4S/c31-25(32)19-22-3-1-11-29-16-15-28(14-10-22)12-2-13-30(18-17-29)24(26(33)34)9-6-21-4-7-23(8-5-21)27-20-35/h4-5,7-8,22,24H,1-3,6,9-19H2,(H,31,32)(H,33,34). The SMILES string of the molecule is O=C(O)CC1CCCN2CCN(CCCN(C(CCc3ccc(N=C=S)cc3)C(=O)O)CC2)CC1. The van der Waals surface area contributed by atoms with Crippen LogP contribution >= 0.6 is 12.2 Å². The summed E-state index contributed by atoms with van der Waals surface area (Å²) in [5.41, 5.74) is 1.84. The molecule has 2 saturated heterocycles. The number of thiocarbonyl (C=S) groups is 1. The summed E-state index contributed by atoms with van der Waals surface area (Å²) in [6, 6.07) is 7.19. The highest BCUT2D eigenvalue weighted by atomic mass is 32.1. The number of carboxylic acid groups (broad SMARTS) is 2. The summed E-state index contributed by atoms with van der Waals surface area (Å²) in [4.78, 5) is 34.5. The van der Waals surface area contributed by atoms with Crippen LogP contribution in [0.5, 0.6) is 0 Å². The van der Waals surface area contributed by atoms with Gasteiger partial charge in [-0.15, -0.1) is 0 Å². The summed E-state index contributed by atoms with van der Waals surface area (Å²) in [5, 5.41) is 21.7. The van der Waals surface area contributed by atoms with E-state index in [-0.39, 0.29) is 12.3 Å². The van der Waals surface area contributed by atoms with E-state index in [1.807, 2.05) is 24.3 Å². The summed E-state index contributed by atoms with van der Waals surface area (Å²) in [7, 11) is 0. The second-order valence-electron chi connectivity index (χ2n) is 9.73. The Bertz CT molecular complexity index is 875. The van der Waals surface area contributed by atoms with Crippen LogP contribution in [0.25, 0.3) is 0 Å². The maximum atomic E-state index is 12.3. The number of rotatable bonds is 8. The quantitative estimate of drug-likeness (QED) is 0.413. The number of carboxylic acids is 2. The Kier molecular flexibility index (Phi) is 11.3. The van der Waals surface area contributed by atoms with Crippen molar-refractivity contribution in [3.8, 4) is 0 Å². The Morgan fingerprint density at radius 1 is 0.943 bits per heavy atom. The van der Waals surface area contributed by atoms with E-state index in [4.69, 9.17) is 0 Å². The van der Waals surface area contributed by atoms with Crippen molar-refractivity contribution in [3.63, 3.8) is 0 Å². The molecule has 0 radical (unpaired) electrons. The van der Waals surface area contributed by atoms with Crippen LogP contribution in [0.15, 0.2) is 29.3 Å². The lowest BCUT2D eigenvalue weighted by Crippen LogP contribution is -2.49. The van der Waals surface area contributed by atoms with Crippen molar-refractivity contribution in [2.75, 3.05) is 52.4 Å². The highest BCUT2D eigenvalue weighted by molar-refractivity contribution is 7.78. The highest BCUT2D eigenvalue weighted by Crippen LogP contribution is 2.20. The van der Waals surface area contributed by atoms with Gasteiger partial charge in [0.15, 0.2) is 0 Å². The average Bonchev–Trinajstić information content (AvgIpc) is 2.83. The van der Waals surface area contributed by atoms with Crippen LogP contribution in [0.1, 0.15) is 44.1 Å². The molecule has 2 heterocycles. The summed E-state index contributed by atoms with van der Waals surface area (Å²) in [5.74, 6) is -1.22. The van der Waals surface area contributed by atoms with Crippen LogP contribution in [-0.4, -0.2) is 100 Å². The second-order valence-corrected chi connectivity index (χ2v) is 9.91. The third kappa shape index (κ3) is 9.43. The summed E-state index contributed by atoms with van der Waals surface area (Å²) < 4.78 is 0. The smallest absolute Gasteiger partial charge is 0.320 e. The van der Waals surface area contributed by atoms with Gasteiger partial charge in [-0.3, -0.25) is 14.5 Å². The number of fused-ring (bicyclic) bond motifs is 3. The molecule has 2 N–H and O–H groups in total. The topological polar surface area (TPSA) is 96.7 Å². The molecule has 0 aromatic heterocycles. The molecular formula is C26H38N4O4S. The molecule has 2 aliphatic heterocycles. The molecule has 2 aliphatic rings. The molecule has 35 heavy (non-hydrogen) atoms. The minimum atomic E-state index is -0.759. The number of aliphatic imine (C=N–C) groups is 1. The lowest BCUT2D eigenvalue weighted by Gasteiger charge is -2.36. The molecular weight excluding hydrogens is 464 g/mol. The normalized spacial score (nSPS) is 25.2. The molecule has 3 rings (SSSR count). The molecule has 192 valence electrons. The van der Waals surface area contributed by atoms with Crippen LogP contribution in [0.2, 0.25) is 0 Å². The van der Waals surface area contributed by atoms with Gasteiger partial charge < -0.3 is 20.0 Å². The van der Waals surface area contributed by atoms with Gasteiger partial charge in [-0.05, 0) is 94.0 Å². The van der Waals surface area contributed by atoms with Gasteiger partial charge in [-0.25, -0.2) is 0 Å². The fourth-order valence-electron chi connectivity index (χ4n) is 5.26. The maximum Gasteiger partial charge on any atom is 0.320 e. The third-order valence-corrected chi connectivity index (χ3v) is 7.39. The average molecular weight is 503 g/mol. The molecule has 0 aliphatic carbocycles. The van der Waals surface area contributed by atoms with Gasteiger partial charge in [0.1, 0.15) is 6.04 Å². The van der Waals surface area contributed by atoms with Crippen molar-refractivity contribution in [2.24, 2.45) is 10.9 Å². The van der Waals surface area contributed by atoms with Crippen LogP contribution in [0.4, 0.5) is 5.69 Å². The predicted octanol–water partition coefficient (Wildman–Crippen LogP) is 3.39. The monoisotopic (exact) mass is 502 g/mol. The van der Waals surface area contributed by atoms with Crippen molar-refractivity contribution in [1.29, 1.82) is 0 Å². The van der Waals surface area contributed by atoms with Crippen LogP contribution in [-0.2, 0) is 16.0 Å². The van der Waals surface area contributed by atoms with Gasteiger partial charge in [0.05, 0.1) is 10.8 Å². The van der Waals surface area contributed by atoms with Crippen molar-refractivity contribution in [2.45, 2.75) is 51.0 Å². The number of benzene rings is 1. The molecule has 0 spiro atoms. The summed E-state index contributed by atoms with van der Waals surface area (Å²) in [6.45, 7) is 7.06. The molecule has 4 unspecified atom stereocenters. The minimum absolute atomic E-state index is 0.237. The highest BCUT2D eigenvalue weighted by Gasteiger charge is 2.27. The van der Waals surface area contributed by atoms with Gasteiger partial charge in [0.2, 0.25) is 0 Å². The number of isothiocyanates is 1. The predicted molar refractivity (Wildman–Crippen MR) is 140 cm³/mol. The first-order valence-corrected chi connectivity index (χ1v) is 13.2. The van der Waals surface area contributed by atoms with Gasteiger partial charge in [0, 0.05) is 39.1 Å². The summed E-state index contributed by atoms with van der Waals surface area (Å²) in [6.07, 6.45) is 5.27. The Balaban J connectivity index is 1.63. The van der Waals surface area contributed by atoms with E-state index < -0.39 is 18.0 Å². The lowest BCUT2D eigenvalue weighted by atomic mass is 9.94. The van der Waals surface area contributed by atoms with Crippen LogP contribution in [0, 0.1) is 5.92 Å². The van der Waals surface area contributed by atoms with Crippen molar-refractivity contribution >= 4 is 35.0 Å². The maximum absolute atomic E-state index is 12.3. The van der Waals surface area contributed by atoms with E-state index in [1.165, 1.54) is 0 Å². The molecule has 9 heteroatoms. The van der Waals surface area contributed by atoms with E-state index in [9.17, 15) is 19.8 Å². The van der Waals surface area contributed by atoms with E-state index in [0.717, 1.165) is 89.3 Å². The Labute approximate surface area is 213 Å². The number of hydrogen-bond donors (Lipinski definition) is 2.